The summed E-state index contributed by atoms with van der Waals surface area (Å²) < 4.78 is 39.6. The van der Waals surface area contributed by atoms with Crippen LogP contribution >= 0.6 is 7.82 Å². The van der Waals surface area contributed by atoms with E-state index in [2.05, 4.69) is 57.2 Å². The van der Waals surface area contributed by atoms with Gasteiger partial charge in [0.15, 0.2) is 6.10 Å². The molecule has 0 rings (SSSR count). The van der Waals surface area contributed by atoms with Crippen LogP contribution in [-0.2, 0) is 42.2 Å². The normalized spacial score (nSPS) is 13.5. The first-order valence-electron chi connectivity index (χ1n) is 30.9. The molecule has 0 heterocycles. The average molecular weight is 1070 g/mol. The lowest BCUT2D eigenvalue weighted by Gasteiger charge is -2.21. The van der Waals surface area contributed by atoms with Crippen molar-refractivity contribution < 1.29 is 52.2 Å². The molecule has 2 N–H and O–H groups in total. The molecule has 12 heteroatoms. The first kappa shape index (κ1) is 71.7. The van der Waals surface area contributed by atoms with Crippen LogP contribution in [0.1, 0.15) is 303 Å². The van der Waals surface area contributed by atoms with E-state index in [0.29, 0.717) is 19.3 Å². The SMILES string of the molecule is CCCCC/C=C\C/C=C\CCCCCCCCCCCC(=O)OCC(COP(=O)(O)OCC(CO)OC(=O)CCCCCCCCCCCCCCC)OC(=O)CCCCCCC/C=C\CCCCCCCC. The molecule has 0 aliphatic rings. The van der Waals surface area contributed by atoms with Gasteiger partial charge in [-0.05, 0) is 77.0 Å². The molecule has 0 aromatic rings. The Morgan fingerprint density at radius 2 is 0.662 bits per heavy atom. The van der Waals surface area contributed by atoms with Gasteiger partial charge < -0.3 is 24.2 Å². The molecule has 3 unspecified atom stereocenters. The monoisotopic (exact) mass is 1070 g/mol. The van der Waals surface area contributed by atoms with Gasteiger partial charge >= 0.3 is 25.7 Å². The number of carbonyl (C=O) groups excluding carboxylic acids is 3. The fourth-order valence-electron chi connectivity index (χ4n) is 8.79. The van der Waals surface area contributed by atoms with Crippen LogP contribution in [0.3, 0.4) is 0 Å². The lowest BCUT2D eigenvalue weighted by molar-refractivity contribution is -0.161. The van der Waals surface area contributed by atoms with Crippen molar-refractivity contribution in [1.82, 2.24) is 0 Å². The Morgan fingerprint density at radius 3 is 1.04 bits per heavy atom. The molecular formula is C62H115O11P. The lowest BCUT2D eigenvalue weighted by atomic mass is 10.0. The topological polar surface area (TPSA) is 155 Å². The van der Waals surface area contributed by atoms with Gasteiger partial charge in [0, 0.05) is 19.3 Å². The zero-order valence-corrected chi connectivity index (χ0v) is 49.0. The minimum absolute atomic E-state index is 0.160. The number of allylic oxidation sites excluding steroid dienone is 6. The highest BCUT2D eigenvalue weighted by molar-refractivity contribution is 7.47. The second-order valence-electron chi connectivity index (χ2n) is 20.9. The number of hydrogen-bond donors (Lipinski definition) is 2. The lowest BCUT2D eigenvalue weighted by Crippen LogP contribution is -2.30. The summed E-state index contributed by atoms with van der Waals surface area (Å²) in [5, 5.41) is 9.82. The van der Waals surface area contributed by atoms with Crippen molar-refractivity contribution in [2.24, 2.45) is 0 Å². The summed E-state index contributed by atoms with van der Waals surface area (Å²) in [6, 6.07) is 0. The number of carbonyl (C=O) groups is 3. The van der Waals surface area contributed by atoms with Crippen molar-refractivity contribution in [2.75, 3.05) is 26.4 Å². The molecule has 0 amide bonds. The van der Waals surface area contributed by atoms with E-state index in [-0.39, 0.29) is 25.9 Å². The van der Waals surface area contributed by atoms with Gasteiger partial charge in [0.2, 0.25) is 0 Å². The third-order valence-corrected chi connectivity index (χ3v) is 14.5. The Morgan fingerprint density at radius 1 is 0.378 bits per heavy atom. The minimum Gasteiger partial charge on any atom is -0.462 e. The molecule has 74 heavy (non-hydrogen) atoms. The van der Waals surface area contributed by atoms with Crippen molar-refractivity contribution >= 4 is 25.7 Å². The van der Waals surface area contributed by atoms with Crippen LogP contribution in [0.4, 0.5) is 0 Å². The number of unbranched alkanes of at least 4 members (excludes halogenated alkanes) is 35. The first-order valence-corrected chi connectivity index (χ1v) is 32.4. The third-order valence-electron chi connectivity index (χ3n) is 13.5. The molecule has 0 saturated carbocycles. The van der Waals surface area contributed by atoms with Gasteiger partial charge in [0.1, 0.15) is 12.7 Å². The Labute approximate surface area is 454 Å². The standard InChI is InChI=1S/C62H115O11P/c1-4-7-10-13-16-19-22-25-27-28-29-30-32-34-36-39-42-45-48-51-60(64)69-55-59(73-62(66)53-50-47-44-41-38-35-31-26-23-20-17-14-11-8-5-2)57-71-74(67,68)70-56-58(54-63)72-61(65)52-49-46-43-40-37-33-24-21-18-15-12-9-6-3/h16,19,25-27,31,58-59,63H,4-15,17-18,20-24,28-30,32-57H2,1-3H3,(H,67,68)/b19-16-,27-25-,31-26-. The van der Waals surface area contributed by atoms with Gasteiger partial charge in [-0.15, -0.1) is 0 Å². The van der Waals surface area contributed by atoms with Gasteiger partial charge in [0.25, 0.3) is 0 Å². The molecular weight excluding hydrogens is 952 g/mol. The van der Waals surface area contributed by atoms with E-state index in [1.807, 2.05) is 0 Å². The Hall–Kier alpha value is -2.30. The highest BCUT2D eigenvalue weighted by atomic mass is 31.2. The van der Waals surface area contributed by atoms with Crippen molar-refractivity contribution in [3.8, 4) is 0 Å². The van der Waals surface area contributed by atoms with Gasteiger partial charge in [-0.3, -0.25) is 23.4 Å². The summed E-state index contributed by atoms with van der Waals surface area (Å²) in [7, 11) is -4.75. The molecule has 434 valence electrons. The van der Waals surface area contributed by atoms with Crippen molar-refractivity contribution in [1.29, 1.82) is 0 Å². The van der Waals surface area contributed by atoms with Crippen molar-refractivity contribution in [3.63, 3.8) is 0 Å². The van der Waals surface area contributed by atoms with Gasteiger partial charge in [-0.1, -0.05) is 243 Å². The van der Waals surface area contributed by atoms with Gasteiger partial charge in [-0.25, -0.2) is 4.57 Å². The number of hydrogen-bond acceptors (Lipinski definition) is 10. The number of esters is 3. The molecule has 11 nitrogen and oxygen atoms in total. The molecule has 0 radical (unpaired) electrons. The van der Waals surface area contributed by atoms with Crippen molar-refractivity contribution in [2.45, 2.75) is 315 Å². The Bertz CT molecular complexity index is 1380. The molecule has 0 bridgehead atoms. The number of rotatable bonds is 58. The summed E-state index contributed by atoms with van der Waals surface area (Å²) in [5.74, 6) is -1.46. The van der Waals surface area contributed by atoms with E-state index >= 15 is 0 Å². The zero-order valence-electron chi connectivity index (χ0n) is 48.1. The Kier molecular flexibility index (Phi) is 55.1. The van der Waals surface area contributed by atoms with E-state index in [1.54, 1.807) is 0 Å². The second-order valence-corrected chi connectivity index (χ2v) is 22.3. The molecule has 0 fully saturated rings. The highest BCUT2D eigenvalue weighted by Crippen LogP contribution is 2.43. The van der Waals surface area contributed by atoms with Crippen LogP contribution in [0.5, 0.6) is 0 Å². The predicted molar refractivity (Wildman–Crippen MR) is 307 cm³/mol. The maximum Gasteiger partial charge on any atom is 0.472 e. The number of aliphatic hydroxyl groups is 1. The van der Waals surface area contributed by atoms with Gasteiger partial charge in [0.05, 0.1) is 19.8 Å². The van der Waals surface area contributed by atoms with Crippen molar-refractivity contribution in [3.05, 3.63) is 36.5 Å². The van der Waals surface area contributed by atoms with E-state index in [0.717, 1.165) is 89.9 Å². The predicted octanol–water partition coefficient (Wildman–Crippen LogP) is 18.4. The molecule has 0 saturated heterocycles. The molecule has 3 atom stereocenters. The van der Waals surface area contributed by atoms with Crippen LogP contribution in [0.25, 0.3) is 0 Å². The third kappa shape index (κ3) is 54.5. The van der Waals surface area contributed by atoms with Crippen LogP contribution in [0.15, 0.2) is 36.5 Å². The van der Waals surface area contributed by atoms with Crippen LogP contribution < -0.4 is 0 Å². The number of phosphoric ester groups is 1. The number of aliphatic hydroxyl groups excluding tert-OH is 1. The summed E-state index contributed by atoms with van der Waals surface area (Å²) in [6.07, 6.45) is 59.5. The average Bonchev–Trinajstić information content (AvgIpc) is 3.39. The van der Waals surface area contributed by atoms with Crippen LogP contribution in [-0.4, -0.2) is 66.5 Å². The van der Waals surface area contributed by atoms with E-state index < -0.39 is 57.8 Å². The molecule has 0 aromatic heterocycles. The number of phosphoric acid groups is 1. The summed E-state index contributed by atoms with van der Waals surface area (Å²) in [5.41, 5.74) is 0. The van der Waals surface area contributed by atoms with Gasteiger partial charge in [-0.2, -0.15) is 0 Å². The second kappa shape index (κ2) is 56.9. The molecule has 0 aliphatic heterocycles. The smallest absolute Gasteiger partial charge is 0.462 e. The fourth-order valence-corrected chi connectivity index (χ4v) is 9.58. The fraction of sp³-hybridized carbons (Fsp3) is 0.855. The molecule has 0 spiro atoms. The molecule has 0 aliphatic carbocycles. The van der Waals surface area contributed by atoms with Crippen LogP contribution in [0, 0.1) is 0 Å². The summed E-state index contributed by atoms with van der Waals surface area (Å²) in [6.45, 7) is 4.65. The summed E-state index contributed by atoms with van der Waals surface area (Å²) in [4.78, 5) is 48.6. The summed E-state index contributed by atoms with van der Waals surface area (Å²) >= 11 is 0. The van der Waals surface area contributed by atoms with E-state index in [1.165, 1.54) is 154 Å². The Balaban J connectivity index is 4.68. The zero-order chi connectivity index (χ0) is 54.1. The maximum absolute atomic E-state index is 12.9. The van der Waals surface area contributed by atoms with E-state index in [4.69, 9.17) is 23.3 Å². The van der Waals surface area contributed by atoms with Crippen LogP contribution in [0.2, 0.25) is 0 Å². The van der Waals surface area contributed by atoms with E-state index in [9.17, 15) is 28.9 Å². The number of ether oxygens (including phenoxy) is 3. The molecule has 0 aromatic carbocycles. The first-order chi connectivity index (χ1) is 36.2. The quantitative estimate of drug-likeness (QED) is 0.0197. The largest absolute Gasteiger partial charge is 0.472 e. The minimum atomic E-state index is -4.75. The maximum atomic E-state index is 12.9. The highest BCUT2D eigenvalue weighted by Gasteiger charge is 2.28.